The normalized spacial score (nSPS) is 9.58. The number of thiol groups is 2. The van der Waals surface area contributed by atoms with Gasteiger partial charge < -0.3 is 0 Å². The number of aromatic nitrogens is 2. The number of fused-ring (bicyclic) bond motifs is 1. The Hall–Kier alpha value is -0.980. The van der Waals surface area contributed by atoms with Crippen molar-refractivity contribution in [2.75, 3.05) is 0 Å². The van der Waals surface area contributed by atoms with Gasteiger partial charge in [-0.1, -0.05) is 48.0 Å². The van der Waals surface area contributed by atoms with Crippen LogP contribution >= 0.6 is 62.2 Å². The minimum Gasteiger partial charge on any atom is -0.278 e. The van der Waals surface area contributed by atoms with Gasteiger partial charge in [-0.05, 0) is 28.6 Å². The Morgan fingerprint density at radius 1 is 1.31 bits per heavy atom. The van der Waals surface area contributed by atoms with Crippen molar-refractivity contribution in [2.45, 2.75) is 25.7 Å². The van der Waals surface area contributed by atoms with Crippen LogP contribution in [0.2, 0.25) is 5.28 Å². The van der Waals surface area contributed by atoms with Crippen molar-refractivity contribution >= 4 is 72.4 Å². The number of alkyl halides is 1. The minimum absolute atomic E-state index is 0.130. The second-order valence-corrected chi connectivity index (χ2v) is 6.39. The summed E-state index contributed by atoms with van der Waals surface area (Å²) >= 11 is 17.4. The van der Waals surface area contributed by atoms with E-state index in [0.717, 1.165) is 11.1 Å². The van der Waals surface area contributed by atoms with Crippen molar-refractivity contribution in [3.63, 3.8) is 0 Å². The Balaban J connectivity index is 0.000000791. The van der Waals surface area contributed by atoms with E-state index in [-0.39, 0.29) is 17.4 Å². The standard InChI is InChI=1S/C15H9BrClN3OS.C2H6.H2S2/c16-5-11-8-22-13-12(11)19-15(17)20(14(13)21)7-10-4-2-1-3-9(10)6-18;2*1-2/h1-4,8H,5,7H2;1-2H3;1-2H. The number of nitriles is 1. The molecule has 0 radical (unpaired) electrons. The molecule has 3 rings (SSSR count). The molecule has 3 aromatic rings. The van der Waals surface area contributed by atoms with Crippen molar-refractivity contribution in [2.24, 2.45) is 0 Å². The van der Waals surface area contributed by atoms with E-state index in [1.807, 2.05) is 31.4 Å². The molecule has 1 aromatic carbocycles. The Morgan fingerprint density at radius 2 is 1.96 bits per heavy atom. The van der Waals surface area contributed by atoms with E-state index in [1.54, 1.807) is 12.1 Å². The van der Waals surface area contributed by atoms with Crippen LogP contribution in [0.15, 0.2) is 34.4 Å². The highest BCUT2D eigenvalue weighted by molar-refractivity contribution is 9.08. The van der Waals surface area contributed by atoms with Crippen molar-refractivity contribution in [1.82, 2.24) is 9.55 Å². The van der Waals surface area contributed by atoms with E-state index in [2.05, 4.69) is 50.3 Å². The van der Waals surface area contributed by atoms with Gasteiger partial charge in [-0.3, -0.25) is 9.36 Å². The SMILES string of the molecule is CC.N#Cc1ccccc1Cn1c(Cl)nc2c(CBr)csc2c1=O.SS. The van der Waals surface area contributed by atoms with Gasteiger partial charge in [0.05, 0.1) is 23.7 Å². The number of benzene rings is 1. The lowest BCUT2D eigenvalue weighted by Crippen LogP contribution is -2.22. The van der Waals surface area contributed by atoms with Gasteiger partial charge in [0.25, 0.3) is 5.56 Å². The van der Waals surface area contributed by atoms with Gasteiger partial charge in [-0.25, -0.2) is 4.98 Å². The highest BCUT2D eigenvalue weighted by atomic mass is 79.9. The lowest BCUT2D eigenvalue weighted by atomic mass is 10.1. The molecule has 0 saturated heterocycles. The van der Waals surface area contributed by atoms with Crippen molar-refractivity contribution in [3.8, 4) is 6.07 Å². The second kappa shape index (κ2) is 11.7. The average molecular weight is 491 g/mol. The molecule has 9 heteroatoms. The van der Waals surface area contributed by atoms with E-state index in [9.17, 15) is 4.79 Å². The summed E-state index contributed by atoms with van der Waals surface area (Å²) in [6, 6.07) is 9.26. The fourth-order valence-electron chi connectivity index (χ4n) is 2.19. The molecule has 0 fully saturated rings. The molecule has 0 unspecified atom stereocenters. The first kappa shape index (κ1) is 23.1. The molecule has 26 heavy (non-hydrogen) atoms. The molecule has 0 aliphatic rings. The van der Waals surface area contributed by atoms with E-state index in [0.29, 0.717) is 21.1 Å². The highest BCUT2D eigenvalue weighted by Crippen LogP contribution is 2.25. The van der Waals surface area contributed by atoms with Crippen LogP contribution in [0.25, 0.3) is 10.2 Å². The molecule has 0 saturated carbocycles. The van der Waals surface area contributed by atoms with E-state index in [1.165, 1.54) is 15.9 Å². The predicted octanol–water partition coefficient (Wildman–Crippen LogP) is 5.71. The van der Waals surface area contributed by atoms with Crippen LogP contribution in [0.1, 0.15) is 30.5 Å². The second-order valence-electron chi connectivity index (χ2n) is 4.61. The molecule has 0 amide bonds. The molecule has 0 aliphatic heterocycles. The van der Waals surface area contributed by atoms with E-state index < -0.39 is 0 Å². The van der Waals surface area contributed by atoms with Crippen LogP contribution in [0.3, 0.4) is 0 Å². The molecule has 2 aromatic heterocycles. The summed E-state index contributed by atoms with van der Waals surface area (Å²) in [7, 11) is 0. The highest BCUT2D eigenvalue weighted by Gasteiger charge is 2.15. The Kier molecular flexibility index (Phi) is 10.4. The summed E-state index contributed by atoms with van der Waals surface area (Å²) in [5.41, 5.74) is 2.68. The molecule has 138 valence electrons. The fraction of sp³-hybridized carbons (Fsp3) is 0.235. The summed E-state index contributed by atoms with van der Waals surface area (Å²) in [5.74, 6) is 0. The quantitative estimate of drug-likeness (QED) is 0.214. The lowest BCUT2D eigenvalue weighted by molar-refractivity contribution is 0.749. The van der Waals surface area contributed by atoms with Gasteiger partial charge in [0.1, 0.15) is 4.70 Å². The molecule has 0 spiro atoms. The van der Waals surface area contributed by atoms with Gasteiger partial charge in [-0.15, -0.1) is 34.7 Å². The first-order valence-electron chi connectivity index (χ1n) is 7.56. The number of nitrogens with zero attached hydrogens (tertiary/aromatic N) is 3. The van der Waals surface area contributed by atoms with Crippen LogP contribution in [0.5, 0.6) is 0 Å². The van der Waals surface area contributed by atoms with Gasteiger partial charge >= 0.3 is 0 Å². The Morgan fingerprint density at radius 3 is 2.58 bits per heavy atom. The zero-order chi connectivity index (χ0) is 19.7. The zero-order valence-corrected chi connectivity index (χ0v) is 19.1. The summed E-state index contributed by atoms with van der Waals surface area (Å²) in [5, 5.41) is 11.8. The zero-order valence-electron chi connectivity index (χ0n) is 14.1. The number of halogens is 2. The Labute approximate surface area is 180 Å². The minimum atomic E-state index is -0.181. The lowest BCUT2D eigenvalue weighted by Gasteiger charge is -2.09. The molecule has 2 heterocycles. The smallest absolute Gasteiger partial charge is 0.272 e. The maximum absolute atomic E-state index is 12.6. The summed E-state index contributed by atoms with van der Waals surface area (Å²) in [6.45, 7) is 4.23. The third-order valence-corrected chi connectivity index (χ3v) is 5.21. The summed E-state index contributed by atoms with van der Waals surface area (Å²) in [6.07, 6.45) is 0. The topological polar surface area (TPSA) is 58.7 Å². The molecular weight excluding hydrogens is 474 g/mol. The molecular formula is C17H17BrClN3OS3. The van der Waals surface area contributed by atoms with Crippen LogP contribution < -0.4 is 5.56 Å². The third-order valence-electron chi connectivity index (χ3n) is 3.31. The van der Waals surface area contributed by atoms with Crippen LogP contribution in [-0.2, 0) is 11.9 Å². The first-order chi connectivity index (χ1) is 12.7. The number of hydrogen-bond donors (Lipinski definition) is 2. The van der Waals surface area contributed by atoms with Crippen molar-refractivity contribution in [1.29, 1.82) is 5.26 Å². The number of rotatable bonds is 3. The number of hydrogen-bond acceptors (Lipinski definition) is 6. The third kappa shape index (κ3) is 5.05. The van der Waals surface area contributed by atoms with Gasteiger partial charge in [0.2, 0.25) is 5.28 Å². The summed E-state index contributed by atoms with van der Waals surface area (Å²) in [4.78, 5) is 17.0. The maximum atomic E-state index is 12.6. The Bertz CT molecular complexity index is 966. The largest absolute Gasteiger partial charge is 0.278 e. The van der Waals surface area contributed by atoms with Crippen LogP contribution in [0, 0.1) is 11.3 Å². The fourth-order valence-corrected chi connectivity index (χ4v) is 4.01. The molecule has 4 nitrogen and oxygen atoms in total. The average Bonchev–Trinajstić information content (AvgIpc) is 3.11. The molecule has 0 N–H and O–H groups in total. The van der Waals surface area contributed by atoms with Crippen molar-refractivity contribution in [3.05, 3.63) is 62.0 Å². The van der Waals surface area contributed by atoms with Crippen molar-refractivity contribution < 1.29 is 0 Å². The molecule has 0 bridgehead atoms. The van der Waals surface area contributed by atoms with E-state index >= 15 is 0 Å². The predicted molar refractivity (Wildman–Crippen MR) is 121 cm³/mol. The van der Waals surface area contributed by atoms with E-state index in [4.69, 9.17) is 16.9 Å². The monoisotopic (exact) mass is 489 g/mol. The summed E-state index contributed by atoms with van der Waals surface area (Å²) < 4.78 is 1.97. The first-order valence-corrected chi connectivity index (χ1v) is 11.5. The molecule has 0 atom stereocenters. The molecule has 0 aliphatic carbocycles. The maximum Gasteiger partial charge on any atom is 0.272 e. The van der Waals surface area contributed by atoms with Gasteiger partial charge in [0.15, 0.2) is 0 Å². The van der Waals surface area contributed by atoms with Crippen LogP contribution in [0.4, 0.5) is 0 Å². The van der Waals surface area contributed by atoms with Gasteiger partial charge in [0, 0.05) is 10.9 Å². The van der Waals surface area contributed by atoms with Crippen LogP contribution in [-0.4, -0.2) is 9.55 Å². The van der Waals surface area contributed by atoms with Gasteiger partial charge in [-0.2, -0.15) is 5.26 Å². The number of thiophene rings is 1.